The Balaban J connectivity index is 1.78. The molecule has 8 heteroatoms. The van der Waals surface area contributed by atoms with Crippen molar-refractivity contribution in [3.8, 4) is 0 Å². The van der Waals surface area contributed by atoms with E-state index >= 15 is 0 Å². The molecular weight excluding hydrogens is 422 g/mol. The number of carbonyl (C=O) groups excluding carboxylic acids is 1. The van der Waals surface area contributed by atoms with Crippen LogP contribution in [0.5, 0.6) is 0 Å². The van der Waals surface area contributed by atoms with Crippen LogP contribution >= 0.6 is 11.6 Å². The average molecular weight is 450 g/mol. The van der Waals surface area contributed by atoms with E-state index in [1.54, 1.807) is 0 Å². The first-order valence-electron chi connectivity index (χ1n) is 10.1. The Kier molecular flexibility index (Phi) is 7.52. The molecule has 3 rings (SSSR count). The van der Waals surface area contributed by atoms with E-state index < -0.39 is 15.9 Å². The second-order valence-corrected chi connectivity index (χ2v) is 10.1. The Hall–Kier alpha value is -1.93. The number of likely N-dealkylation sites (N-methyl/N-ethyl adjacent to an activating group) is 1. The van der Waals surface area contributed by atoms with Gasteiger partial charge in [0, 0.05) is 19.6 Å². The standard InChI is InChI=1S/C22H28ClN3O3S/c1-25(2)21(17-9-5-3-6-10-17)16-24-22(27)19-15-18(11-12-20(19)23)30(28,29)26-13-7-4-8-14-26/h3,5-6,9-12,15,21H,4,7-8,13-14,16H2,1-2H3,(H,24,27). The lowest BCUT2D eigenvalue weighted by Crippen LogP contribution is -2.36. The van der Waals surface area contributed by atoms with Gasteiger partial charge in [-0.25, -0.2) is 8.42 Å². The normalized spacial score (nSPS) is 16.4. The first kappa shape index (κ1) is 22.7. The molecule has 30 heavy (non-hydrogen) atoms. The quantitative estimate of drug-likeness (QED) is 0.701. The lowest BCUT2D eigenvalue weighted by atomic mass is 10.1. The Labute approximate surface area is 183 Å². The predicted molar refractivity (Wildman–Crippen MR) is 119 cm³/mol. The van der Waals surface area contributed by atoms with E-state index in [-0.39, 0.29) is 21.5 Å². The van der Waals surface area contributed by atoms with E-state index in [1.807, 2.05) is 49.3 Å². The molecule has 1 amide bonds. The molecule has 2 aromatic rings. The molecule has 6 nitrogen and oxygen atoms in total. The first-order valence-corrected chi connectivity index (χ1v) is 11.9. The number of amides is 1. The zero-order valence-corrected chi connectivity index (χ0v) is 18.9. The van der Waals surface area contributed by atoms with Gasteiger partial charge in [-0.1, -0.05) is 48.4 Å². The van der Waals surface area contributed by atoms with Crippen molar-refractivity contribution in [3.05, 3.63) is 64.7 Å². The molecule has 1 aliphatic rings. The molecule has 0 bridgehead atoms. The highest BCUT2D eigenvalue weighted by atomic mass is 35.5. The van der Waals surface area contributed by atoms with Crippen LogP contribution in [0.2, 0.25) is 5.02 Å². The fraction of sp³-hybridized carbons (Fsp3) is 0.409. The van der Waals surface area contributed by atoms with E-state index in [1.165, 1.54) is 22.5 Å². The van der Waals surface area contributed by atoms with E-state index in [2.05, 4.69) is 5.32 Å². The molecule has 0 aromatic heterocycles. The fourth-order valence-electron chi connectivity index (χ4n) is 3.65. The number of carbonyl (C=O) groups is 1. The van der Waals surface area contributed by atoms with Gasteiger partial charge < -0.3 is 10.2 Å². The number of halogens is 1. The average Bonchev–Trinajstić information content (AvgIpc) is 2.75. The van der Waals surface area contributed by atoms with Gasteiger partial charge in [-0.3, -0.25) is 4.79 Å². The number of hydrogen-bond donors (Lipinski definition) is 1. The summed E-state index contributed by atoms with van der Waals surface area (Å²) in [4.78, 5) is 15.0. The second-order valence-electron chi connectivity index (χ2n) is 7.71. The maximum absolute atomic E-state index is 13.0. The minimum Gasteiger partial charge on any atom is -0.350 e. The summed E-state index contributed by atoms with van der Waals surface area (Å²) >= 11 is 6.24. The van der Waals surface area contributed by atoms with Crippen molar-refractivity contribution in [1.82, 2.24) is 14.5 Å². The van der Waals surface area contributed by atoms with E-state index in [9.17, 15) is 13.2 Å². The van der Waals surface area contributed by atoms with Gasteiger partial charge in [0.2, 0.25) is 10.0 Å². The summed E-state index contributed by atoms with van der Waals surface area (Å²) in [6.45, 7) is 1.39. The SMILES string of the molecule is CN(C)C(CNC(=O)c1cc(S(=O)(=O)N2CCCCC2)ccc1Cl)c1ccccc1. The van der Waals surface area contributed by atoms with Crippen LogP contribution in [0.3, 0.4) is 0 Å². The minimum atomic E-state index is -3.64. The molecule has 0 radical (unpaired) electrons. The van der Waals surface area contributed by atoms with Crippen LogP contribution in [0.4, 0.5) is 0 Å². The molecule has 1 heterocycles. The third-order valence-corrected chi connectivity index (χ3v) is 7.62. The van der Waals surface area contributed by atoms with Crippen LogP contribution in [0, 0.1) is 0 Å². The molecule has 1 fully saturated rings. The molecule has 1 N–H and O–H groups in total. The summed E-state index contributed by atoms with van der Waals surface area (Å²) in [7, 11) is 0.258. The highest BCUT2D eigenvalue weighted by molar-refractivity contribution is 7.89. The summed E-state index contributed by atoms with van der Waals surface area (Å²) in [6, 6.07) is 14.2. The molecular formula is C22H28ClN3O3S. The predicted octanol–water partition coefficient (Wildman–Crippen LogP) is 3.55. The maximum Gasteiger partial charge on any atom is 0.252 e. The van der Waals surface area contributed by atoms with Gasteiger partial charge in [-0.15, -0.1) is 0 Å². The molecule has 162 valence electrons. The van der Waals surface area contributed by atoms with Crippen LogP contribution in [-0.2, 0) is 10.0 Å². The molecule has 1 aliphatic heterocycles. The molecule has 0 aliphatic carbocycles. The number of nitrogens with one attached hydrogen (secondary N) is 1. The van der Waals surface area contributed by atoms with Gasteiger partial charge in [-0.05, 0) is 50.7 Å². The topological polar surface area (TPSA) is 69.7 Å². The Bertz CT molecular complexity index is 974. The zero-order valence-electron chi connectivity index (χ0n) is 17.3. The van der Waals surface area contributed by atoms with E-state index in [4.69, 9.17) is 11.6 Å². The van der Waals surface area contributed by atoms with Crippen molar-refractivity contribution in [1.29, 1.82) is 0 Å². The van der Waals surface area contributed by atoms with E-state index in [0.29, 0.717) is 19.6 Å². The largest absolute Gasteiger partial charge is 0.350 e. The molecule has 1 unspecified atom stereocenters. The van der Waals surface area contributed by atoms with Crippen LogP contribution in [-0.4, -0.2) is 57.3 Å². The number of sulfonamides is 1. The number of benzene rings is 2. The molecule has 1 atom stereocenters. The zero-order chi connectivity index (χ0) is 21.7. The number of hydrogen-bond acceptors (Lipinski definition) is 4. The van der Waals surface area contributed by atoms with Gasteiger partial charge in [-0.2, -0.15) is 4.31 Å². The smallest absolute Gasteiger partial charge is 0.252 e. The van der Waals surface area contributed by atoms with Crippen LogP contribution in [0.25, 0.3) is 0 Å². The van der Waals surface area contributed by atoms with Crippen LogP contribution in [0.15, 0.2) is 53.4 Å². The maximum atomic E-state index is 13.0. The first-order chi connectivity index (χ1) is 14.3. The monoisotopic (exact) mass is 449 g/mol. The van der Waals surface area contributed by atoms with Crippen molar-refractivity contribution in [2.45, 2.75) is 30.2 Å². The van der Waals surface area contributed by atoms with Gasteiger partial charge in [0.05, 0.1) is 21.5 Å². The van der Waals surface area contributed by atoms with Gasteiger partial charge >= 0.3 is 0 Å². The molecule has 0 saturated carbocycles. The highest BCUT2D eigenvalue weighted by Gasteiger charge is 2.27. The third-order valence-electron chi connectivity index (χ3n) is 5.40. The van der Waals surface area contributed by atoms with Gasteiger partial charge in [0.1, 0.15) is 0 Å². The number of piperidine rings is 1. The van der Waals surface area contributed by atoms with Crippen molar-refractivity contribution in [2.75, 3.05) is 33.7 Å². The Morgan fingerprint density at radius 3 is 2.40 bits per heavy atom. The molecule has 0 spiro atoms. The second kappa shape index (κ2) is 9.92. The number of nitrogens with zero attached hydrogens (tertiary/aromatic N) is 2. The summed E-state index contributed by atoms with van der Waals surface area (Å²) in [5.41, 5.74) is 1.25. The third kappa shape index (κ3) is 5.21. The van der Waals surface area contributed by atoms with Crippen LogP contribution < -0.4 is 5.32 Å². The summed E-state index contributed by atoms with van der Waals surface area (Å²) < 4.78 is 27.4. The number of rotatable bonds is 7. The van der Waals surface area contributed by atoms with Crippen molar-refractivity contribution < 1.29 is 13.2 Å². The van der Waals surface area contributed by atoms with Gasteiger partial charge in [0.25, 0.3) is 5.91 Å². The van der Waals surface area contributed by atoms with Gasteiger partial charge in [0.15, 0.2) is 0 Å². The van der Waals surface area contributed by atoms with Crippen molar-refractivity contribution >= 4 is 27.5 Å². The van der Waals surface area contributed by atoms with Crippen molar-refractivity contribution in [3.63, 3.8) is 0 Å². The summed E-state index contributed by atoms with van der Waals surface area (Å²) in [5, 5.41) is 3.13. The summed E-state index contributed by atoms with van der Waals surface area (Å²) in [5.74, 6) is -0.390. The lowest BCUT2D eigenvalue weighted by Gasteiger charge is -2.26. The Morgan fingerprint density at radius 2 is 1.77 bits per heavy atom. The van der Waals surface area contributed by atoms with Crippen LogP contribution in [0.1, 0.15) is 41.2 Å². The molecule has 1 saturated heterocycles. The molecule has 2 aromatic carbocycles. The lowest BCUT2D eigenvalue weighted by molar-refractivity contribution is 0.0942. The van der Waals surface area contributed by atoms with E-state index in [0.717, 1.165) is 24.8 Å². The Morgan fingerprint density at radius 1 is 1.10 bits per heavy atom. The highest BCUT2D eigenvalue weighted by Crippen LogP contribution is 2.25. The van der Waals surface area contributed by atoms with Crippen molar-refractivity contribution in [2.24, 2.45) is 0 Å². The summed E-state index contributed by atoms with van der Waals surface area (Å²) in [6.07, 6.45) is 2.74. The fourth-order valence-corrected chi connectivity index (χ4v) is 5.40. The minimum absolute atomic E-state index is 0.0193.